The van der Waals surface area contributed by atoms with Crippen LogP contribution in [0, 0.1) is 0 Å². The summed E-state index contributed by atoms with van der Waals surface area (Å²) in [6.45, 7) is 5.93. The second kappa shape index (κ2) is 17.5. The van der Waals surface area contributed by atoms with Crippen LogP contribution in [-0.2, 0) is 34.4 Å². The van der Waals surface area contributed by atoms with Crippen molar-refractivity contribution in [2.45, 2.75) is 93.0 Å². The second-order valence-electron chi connectivity index (χ2n) is 12.3. The van der Waals surface area contributed by atoms with Crippen LogP contribution in [0.25, 0.3) is 0 Å². The zero-order chi connectivity index (χ0) is 34.2. The fourth-order valence-corrected chi connectivity index (χ4v) is 9.28. The van der Waals surface area contributed by atoms with Gasteiger partial charge in [-0.1, -0.05) is 50.4 Å². The first-order valence-electron chi connectivity index (χ1n) is 16.7. The number of nitrogens with zero attached hydrogens (tertiary/aromatic N) is 5. The van der Waals surface area contributed by atoms with E-state index in [4.69, 9.17) is 33.2 Å². The smallest absolute Gasteiger partial charge is 0.227 e. The normalized spacial score (nSPS) is 20.0. The predicted molar refractivity (Wildman–Crippen MR) is 193 cm³/mol. The van der Waals surface area contributed by atoms with Crippen LogP contribution in [0.1, 0.15) is 75.2 Å². The summed E-state index contributed by atoms with van der Waals surface area (Å²) in [7, 11) is -2.14. The number of anilines is 3. The lowest BCUT2D eigenvalue weighted by Crippen LogP contribution is -2.35. The van der Waals surface area contributed by atoms with Gasteiger partial charge >= 0.3 is 0 Å². The van der Waals surface area contributed by atoms with Crippen LogP contribution in [0.15, 0.2) is 34.1 Å². The van der Waals surface area contributed by atoms with Crippen LogP contribution in [0.4, 0.5) is 17.6 Å². The Kier molecular flexibility index (Phi) is 13.4. The van der Waals surface area contributed by atoms with Crippen molar-refractivity contribution in [1.29, 1.82) is 0 Å². The van der Waals surface area contributed by atoms with Crippen molar-refractivity contribution < 1.29 is 18.6 Å². The summed E-state index contributed by atoms with van der Waals surface area (Å²) in [5, 5.41) is 26.4. The van der Waals surface area contributed by atoms with Crippen molar-refractivity contribution in [3.63, 3.8) is 0 Å². The molecule has 2 aromatic heterocycles. The van der Waals surface area contributed by atoms with E-state index in [0.717, 1.165) is 72.9 Å². The first-order valence-corrected chi connectivity index (χ1v) is 20.1. The third-order valence-corrected chi connectivity index (χ3v) is 12.2. The minimum atomic E-state index is -1.08. The van der Waals surface area contributed by atoms with Crippen molar-refractivity contribution in [1.82, 2.24) is 19.9 Å². The third kappa shape index (κ3) is 9.02. The molecule has 15 heteroatoms. The van der Waals surface area contributed by atoms with Gasteiger partial charge in [0, 0.05) is 42.5 Å². The molecule has 5 heterocycles. The lowest BCUT2D eigenvalue weighted by Gasteiger charge is -2.33. The number of piperidine rings is 1. The Morgan fingerprint density at radius 1 is 0.812 bits per heavy atom. The summed E-state index contributed by atoms with van der Waals surface area (Å²) in [5.41, 5.74) is 2.97. The second-order valence-corrected chi connectivity index (χ2v) is 16.1. The summed E-state index contributed by atoms with van der Waals surface area (Å²) in [4.78, 5) is 21.4. The Morgan fingerprint density at radius 2 is 1.33 bits per heavy atom. The highest BCUT2D eigenvalue weighted by Gasteiger charge is 2.30. The molecule has 3 aliphatic rings. The summed E-state index contributed by atoms with van der Waals surface area (Å²) in [5.74, 6) is 3.53. The summed E-state index contributed by atoms with van der Waals surface area (Å²) in [6.07, 6.45) is 7.00. The topological polar surface area (TPSA) is 153 Å². The van der Waals surface area contributed by atoms with Gasteiger partial charge in [0.2, 0.25) is 11.2 Å². The van der Waals surface area contributed by atoms with E-state index < -0.39 is 21.6 Å². The Labute approximate surface area is 297 Å². The number of aliphatic hydroxyl groups excluding tert-OH is 2. The quantitative estimate of drug-likeness (QED) is 0.183. The average Bonchev–Trinajstić information content (AvgIpc) is 3.66. The number of nitrogens with one attached hydrogen (secondary N) is 2. The summed E-state index contributed by atoms with van der Waals surface area (Å²) in [6, 6.07) is 7.97. The van der Waals surface area contributed by atoms with E-state index >= 15 is 0 Å². The van der Waals surface area contributed by atoms with Crippen molar-refractivity contribution in [2.24, 2.45) is 0 Å². The molecule has 0 aliphatic carbocycles. The minimum Gasteiger partial charge on any atom is -0.394 e. The molecule has 1 fully saturated rings. The number of benzene rings is 1. The van der Waals surface area contributed by atoms with E-state index in [0.29, 0.717) is 52.7 Å². The molecule has 48 heavy (non-hydrogen) atoms. The zero-order valence-electron chi connectivity index (χ0n) is 27.5. The number of hydrogen-bond donors (Lipinski definition) is 4. The predicted octanol–water partition coefficient (Wildman–Crippen LogP) is 5.12. The first-order chi connectivity index (χ1) is 23.2. The van der Waals surface area contributed by atoms with E-state index in [1.807, 2.05) is 19.1 Å². The van der Waals surface area contributed by atoms with E-state index in [-0.39, 0.29) is 30.6 Å². The molecular formula is C33H45Cl2N7O4S2. The van der Waals surface area contributed by atoms with Crippen LogP contribution < -0.4 is 15.5 Å². The molecule has 11 nitrogen and oxygen atoms in total. The Balaban J connectivity index is 0.000000214. The molecule has 6 rings (SSSR count). The van der Waals surface area contributed by atoms with E-state index in [9.17, 15) is 18.6 Å². The molecule has 262 valence electrons. The fourth-order valence-electron chi connectivity index (χ4n) is 6.34. The van der Waals surface area contributed by atoms with Crippen LogP contribution in [-0.4, -0.2) is 88.5 Å². The number of aromatic nitrogens is 4. The van der Waals surface area contributed by atoms with Crippen LogP contribution >= 0.6 is 23.2 Å². The highest BCUT2D eigenvalue weighted by atomic mass is 35.5. The van der Waals surface area contributed by atoms with Gasteiger partial charge in [-0.3, -0.25) is 8.42 Å². The maximum Gasteiger partial charge on any atom is 0.227 e. The van der Waals surface area contributed by atoms with Crippen LogP contribution in [0.2, 0.25) is 10.3 Å². The summed E-state index contributed by atoms with van der Waals surface area (Å²) >= 11 is 11.9. The molecule has 2 unspecified atom stereocenters. The highest BCUT2D eigenvalue weighted by molar-refractivity contribution is 7.85. The van der Waals surface area contributed by atoms with Crippen LogP contribution in [0.3, 0.4) is 0 Å². The molecule has 1 saturated heterocycles. The molecule has 4 atom stereocenters. The Hall–Kier alpha value is -2.42. The number of rotatable bonds is 12. The molecule has 1 aromatic carbocycles. The van der Waals surface area contributed by atoms with Crippen LogP contribution in [0.5, 0.6) is 0 Å². The van der Waals surface area contributed by atoms with Gasteiger partial charge in [-0.2, -0.15) is 9.97 Å². The number of aliphatic hydroxyl groups is 2. The van der Waals surface area contributed by atoms with Gasteiger partial charge in [0.1, 0.15) is 21.4 Å². The Morgan fingerprint density at radius 3 is 1.85 bits per heavy atom. The van der Waals surface area contributed by atoms with Crippen molar-refractivity contribution in [3.05, 3.63) is 51.5 Å². The summed E-state index contributed by atoms with van der Waals surface area (Å²) < 4.78 is 24.4. The lowest BCUT2D eigenvalue weighted by atomic mass is 9.89. The standard InChI is InChI=1S/C22H29ClN4O2S.C11H16ClN3O2S/c1-2-3-18(14-28)24-21-20-19(10-13-30(20)29)25-22(26-21)27-11-8-16(9-12-27)15-4-6-17(23)7-5-15;1-2-3-7(6-16)13-10-9-8(4-5-18(9)17)14-11(12)15-10/h4-7,16,18,28H,2-3,8-14H2,1H3,(H,24,25,26);7,16H,2-6H2,1H3,(H,13,14,15)/t18-,30?;7-,18?/m11/s1. The van der Waals surface area contributed by atoms with Gasteiger partial charge in [-0.15, -0.1) is 0 Å². The van der Waals surface area contributed by atoms with Crippen molar-refractivity contribution in [3.8, 4) is 0 Å². The van der Waals surface area contributed by atoms with Gasteiger partial charge in [0.15, 0.2) is 0 Å². The number of fused-ring (bicyclic) bond motifs is 2. The Bertz CT molecular complexity index is 1590. The van der Waals surface area contributed by atoms with Crippen molar-refractivity contribution >= 4 is 62.4 Å². The molecule has 0 spiro atoms. The molecule has 0 radical (unpaired) electrons. The van der Waals surface area contributed by atoms with Gasteiger partial charge in [0.05, 0.1) is 58.3 Å². The maximum absolute atomic E-state index is 12.5. The maximum atomic E-state index is 12.5. The lowest BCUT2D eigenvalue weighted by molar-refractivity contribution is 0.267. The van der Waals surface area contributed by atoms with Gasteiger partial charge in [-0.05, 0) is 60.9 Å². The van der Waals surface area contributed by atoms with Gasteiger partial charge in [-0.25, -0.2) is 9.97 Å². The monoisotopic (exact) mass is 737 g/mol. The molecule has 4 N–H and O–H groups in total. The molecule has 3 aliphatic heterocycles. The largest absolute Gasteiger partial charge is 0.394 e. The zero-order valence-corrected chi connectivity index (χ0v) is 30.6. The molecule has 3 aromatic rings. The van der Waals surface area contributed by atoms with E-state index in [1.165, 1.54) is 5.56 Å². The number of halogens is 2. The third-order valence-electron chi connectivity index (χ3n) is 8.85. The van der Waals surface area contributed by atoms with E-state index in [1.54, 1.807) is 0 Å². The highest BCUT2D eigenvalue weighted by Crippen LogP contribution is 2.34. The number of hydrogen-bond acceptors (Lipinski definition) is 11. The van der Waals surface area contributed by atoms with Crippen molar-refractivity contribution in [2.75, 3.05) is 53.3 Å². The fraction of sp³-hybridized carbons (Fsp3) is 0.576. The average molecular weight is 739 g/mol. The van der Waals surface area contributed by atoms with Gasteiger partial charge < -0.3 is 25.7 Å². The molecular weight excluding hydrogens is 693 g/mol. The molecule has 0 bridgehead atoms. The van der Waals surface area contributed by atoms with Gasteiger partial charge in [0.25, 0.3) is 0 Å². The minimum absolute atomic E-state index is 0.0108. The number of aryl methyl sites for hydroxylation is 2. The molecule has 0 saturated carbocycles. The first kappa shape index (κ1) is 36.9. The van der Waals surface area contributed by atoms with E-state index in [2.05, 4.69) is 44.6 Å². The molecule has 0 amide bonds. The SMILES string of the molecule is CCC[C@H](CO)Nc1nc(Cl)nc2c1S(=O)CC2.CCC[C@H](CO)Nc1nc(N2CCC(c3ccc(Cl)cc3)CC2)nc2c1S(=O)CC2.